The number of anilines is 1. The number of carbonyl (C=O) groups is 2. The van der Waals surface area contributed by atoms with Crippen LogP contribution in [0.2, 0.25) is 5.02 Å². The molecule has 1 aliphatic rings. The predicted octanol–water partition coefficient (Wildman–Crippen LogP) is 5.19. The van der Waals surface area contributed by atoms with E-state index in [-0.39, 0.29) is 11.3 Å². The second-order valence-corrected chi connectivity index (χ2v) is 8.27. The number of amides is 1. The smallest absolute Gasteiger partial charge is 0.301 e. The minimum Gasteiger partial charge on any atom is -0.507 e. The summed E-state index contributed by atoms with van der Waals surface area (Å²) in [5.41, 5.74) is 1.11. The number of benzene rings is 2. The van der Waals surface area contributed by atoms with Crippen molar-refractivity contribution in [2.24, 2.45) is 0 Å². The van der Waals surface area contributed by atoms with E-state index in [2.05, 4.69) is 20.9 Å². The normalized spacial score (nSPS) is 18.6. The molecule has 1 atom stereocenters. The Morgan fingerprint density at radius 2 is 1.79 bits per heavy atom. The molecule has 1 saturated heterocycles. The molecule has 1 aromatic heterocycles. The van der Waals surface area contributed by atoms with Crippen molar-refractivity contribution < 1.29 is 14.7 Å². The number of rotatable bonds is 3. The maximum atomic E-state index is 12.9. The van der Waals surface area contributed by atoms with Gasteiger partial charge in [-0.2, -0.15) is 0 Å². The molecular weight excluding hydrogens is 464 g/mol. The van der Waals surface area contributed by atoms with Gasteiger partial charge in [-0.15, -0.1) is 11.3 Å². The highest BCUT2D eigenvalue weighted by molar-refractivity contribution is 9.10. The summed E-state index contributed by atoms with van der Waals surface area (Å²) in [6, 6.07) is 12.9. The van der Waals surface area contributed by atoms with Crippen molar-refractivity contribution in [3.63, 3.8) is 0 Å². The van der Waals surface area contributed by atoms with Crippen LogP contribution in [0.4, 0.5) is 5.13 Å². The van der Waals surface area contributed by atoms with E-state index < -0.39 is 17.7 Å². The second kappa shape index (κ2) is 7.50. The lowest BCUT2D eigenvalue weighted by molar-refractivity contribution is -0.132. The van der Waals surface area contributed by atoms with Gasteiger partial charge in [0.25, 0.3) is 5.78 Å². The fourth-order valence-electron chi connectivity index (χ4n) is 3.09. The summed E-state index contributed by atoms with van der Waals surface area (Å²) < 4.78 is 0.835. The molecule has 1 amide bonds. The maximum absolute atomic E-state index is 12.9. The van der Waals surface area contributed by atoms with Gasteiger partial charge in [-0.25, -0.2) is 4.98 Å². The van der Waals surface area contributed by atoms with Crippen molar-refractivity contribution in [1.29, 1.82) is 0 Å². The number of aromatic nitrogens is 1. The molecule has 0 radical (unpaired) electrons. The summed E-state index contributed by atoms with van der Waals surface area (Å²) >= 11 is 10.6. The number of thiazole rings is 1. The number of hydrogen-bond acceptors (Lipinski definition) is 5. The van der Waals surface area contributed by atoms with Crippen molar-refractivity contribution in [2.45, 2.75) is 6.04 Å². The van der Waals surface area contributed by atoms with Crippen molar-refractivity contribution in [3.8, 4) is 0 Å². The van der Waals surface area contributed by atoms with Crippen LogP contribution in [-0.4, -0.2) is 21.8 Å². The lowest BCUT2D eigenvalue weighted by atomic mass is 9.95. The average Bonchev–Trinajstić information content (AvgIpc) is 3.30. The molecule has 28 heavy (non-hydrogen) atoms. The molecule has 0 aliphatic carbocycles. The Bertz CT molecular complexity index is 1080. The number of hydrogen-bond donors (Lipinski definition) is 1. The number of halogens is 2. The van der Waals surface area contributed by atoms with Gasteiger partial charge in [0.2, 0.25) is 0 Å². The third-order valence-electron chi connectivity index (χ3n) is 4.37. The summed E-state index contributed by atoms with van der Waals surface area (Å²) in [6.45, 7) is 0. The number of nitrogens with zero attached hydrogens (tertiary/aromatic N) is 2. The first-order valence-electron chi connectivity index (χ1n) is 8.19. The van der Waals surface area contributed by atoms with Crippen LogP contribution in [-0.2, 0) is 9.59 Å². The lowest BCUT2D eigenvalue weighted by Gasteiger charge is -2.23. The maximum Gasteiger partial charge on any atom is 0.301 e. The highest BCUT2D eigenvalue weighted by Gasteiger charge is 2.47. The molecule has 2 heterocycles. The Morgan fingerprint density at radius 3 is 2.39 bits per heavy atom. The number of aliphatic hydroxyl groups is 1. The van der Waals surface area contributed by atoms with Crippen LogP contribution in [0.15, 0.2) is 70.2 Å². The third-order valence-corrected chi connectivity index (χ3v) is 5.92. The number of aliphatic hydroxyl groups excluding tert-OH is 1. The molecule has 8 heteroatoms. The fraction of sp³-hybridized carbons (Fsp3) is 0.0500. The van der Waals surface area contributed by atoms with Gasteiger partial charge in [0.1, 0.15) is 5.76 Å². The average molecular weight is 476 g/mol. The Balaban J connectivity index is 1.93. The minimum atomic E-state index is -0.799. The van der Waals surface area contributed by atoms with Crippen LogP contribution >= 0.6 is 38.9 Å². The van der Waals surface area contributed by atoms with E-state index in [9.17, 15) is 14.7 Å². The molecular formula is C20H12BrClN2O3S. The first-order chi connectivity index (χ1) is 13.5. The van der Waals surface area contributed by atoms with Gasteiger partial charge in [0.05, 0.1) is 11.6 Å². The van der Waals surface area contributed by atoms with E-state index in [1.54, 1.807) is 60.1 Å². The summed E-state index contributed by atoms with van der Waals surface area (Å²) in [5.74, 6) is -1.71. The molecule has 5 nitrogen and oxygen atoms in total. The van der Waals surface area contributed by atoms with E-state index in [4.69, 9.17) is 11.6 Å². The summed E-state index contributed by atoms with van der Waals surface area (Å²) in [6.07, 6.45) is 1.56. The zero-order valence-electron chi connectivity index (χ0n) is 14.2. The van der Waals surface area contributed by atoms with Crippen molar-refractivity contribution >= 4 is 61.4 Å². The molecule has 1 fully saturated rings. The quantitative estimate of drug-likeness (QED) is 0.322. The zero-order valence-corrected chi connectivity index (χ0v) is 17.3. The molecule has 140 valence electrons. The first-order valence-corrected chi connectivity index (χ1v) is 10.2. The minimum absolute atomic E-state index is 0.0184. The van der Waals surface area contributed by atoms with Gasteiger partial charge in [-0.3, -0.25) is 14.5 Å². The Morgan fingerprint density at radius 1 is 1.11 bits per heavy atom. The van der Waals surface area contributed by atoms with Crippen LogP contribution < -0.4 is 4.90 Å². The molecule has 0 saturated carbocycles. The van der Waals surface area contributed by atoms with Crippen molar-refractivity contribution in [1.82, 2.24) is 4.98 Å². The van der Waals surface area contributed by atoms with Gasteiger partial charge < -0.3 is 5.11 Å². The molecule has 0 bridgehead atoms. The summed E-state index contributed by atoms with van der Waals surface area (Å²) in [4.78, 5) is 31.2. The summed E-state index contributed by atoms with van der Waals surface area (Å²) in [5, 5.41) is 13.6. The van der Waals surface area contributed by atoms with Crippen LogP contribution in [0.25, 0.3) is 5.76 Å². The molecule has 0 spiro atoms. The van der Waals surface area contributed by atoms with Crippen LogP contribution in [0.1, 0.15) is 17.2 Å². The highest BCUT2D eigenvalue weighted by Crippen LogP contribution is 2.42. The number of carbonyl (C=O) groups excluding carboxylic acids is 2. The first kappa shape index (κ1) is 18.9. The van der Waals surface area contributed by atoms with Crippen LogP contribution in [0.3, 0.4) is 0 Å². The van der Waals surface area contributed by atoms with E-state index in [0.717, 1.165) is 4.47 Å². The largest absolute Gasteiger partial charge is 0.507 e. The van der Waals surface area contributed by atoms with Gasteiger partial charge in [-0.05, 0) is 29.8 Å². The van der Waals surface area contributed by atoms with E-state index in [1.807, 2.05) is 0 Å². The SMILES string of the molecule is O=C1C(=O)N(c2nccs2)C(c2ccc(Cl)cc2)/C1=C(\O)c1ccc(Br)cc1. The van der Waals surface area contributed by atoms with Gasteiger partial charge >= 0.3 is 5.91 Å². The monoisotopic (exact) mass is 474 g/mol. The Kier molecular flexibility index (Phi) is 5.05. The highest BCUT2D eigenvalue weighted by atomic mass is 79.9. The van der Waals surface area contributed by atoms with E-state index >= 15 is 0 Å². The lowest BCUT2D eigenvalue weighted by Crippen LogP contribution is -2.29. The standard InChI is InChI=1S/C20H12BrClN2O3S/c21-13-5-1-12(2-6-13)17(25)15-16(11-3-7-14(22)8-4-11)24(19(27)18(15)26)20-23-9-10-28-20/h1-10,16,25H/b17-15+. The summed E-state index contributed by atoms with van der Waals surface area (Å²) in [7, 11) is 0. The zero-order chi connectivity index (χ0) is 19.8. The van der Waals surface area contributed by atoms with Gasteiger partial charge in [0, 0.05) is 26.6 Å². The Labute approximate surface area is 178 Å². The molecule has 1 aliphatic heterocycles. The van der Waals surface area contributed by atoms with Gasteiger partial charge in [-0.1, -0.05) is 51.8 Å². The van der Waals surface area contributed by atoms with Crippen LogP contribution in [0, 0.1) is 0 Å². The molecule has 4 rings (SSSR count). The van der Waals surface area contributed by atoms with Crippen molar-refractivity contribution in [2.75, 3.05) is 4.90 Å². The third kappa shape index (κ3) is 3.26. The predicted molar refractivity (Wildman–Crippen MR) is 112 cm³/mol. The molecule has 3 aromatic rings. The topological polar surface area (TPSA) is 70.5 Å². The molecule has 1 N–H and O–H groups in total. The van der Waals surface area contributed by atoms with Gasteiger partial charge in [0.15, 0.2) is 5.13 Å². The van der Waals surface area contributed by atoms with Crippen molar-refractivity contribution in [3.05, 3.63) is 86.3 Å². The number of ketones is 1. The Hall–Kier alpha value is -2.48. The second-order valence-electron chi connectivity index (χ2n) is 6.04. The van der Waals surface area contributed by atoms with E-state index in [1.165, 1.54) is 16.2 Å². The van der Waals surface area contributed by atoms with E-state index in [0.29, 0.717) is 21.3 Å². The molecule has 2 aromatic carbocycles. The fourth-order valence-corrected chi connectivity index (χ4v) is 4.15. The number of Topliss-reactive ketones (excluding diaryl/α,β-unsaturated/α-hetero) is 1. The van der Waals surface area contributed by atoms with Crippen LogP contribution in [0.5, 0.6) is 0 Å². The molecule has 1 unspecified atom stereocenters.